The lowest BCUT2D eigenvalue weighted by molar-refractivity contribution is -0.137. The molecule has 18 heavy (non-hydrogen) atoms. The second-order valence-corrected chi connectivity index (χ2v) is 3.98. The van der Waals surface area contributed by atoms with Crippen molar-refractivity contribution in [3.8, 4) is 0 Å². The quantitative estimate of drug-likeness (QED) is 0.451. The predicted molar refractivity (Wildman–Crippen MR) is 77.6 cm³/mol. The Labute approximate surface area is 110 Å². The summed E-state index contributed by atoms with van der Waals surface area (Å²) in [7, 11) is 0. The Morgan fingerprint density at radius 2 is 1.39 bits per heavy atom. The zero-order valence-electron chi connectivity index (χ0n) is 11.2. The lowest BCUT2D eigenvalue weighted by Crippen LogP contribution is -1.92. The third kappa shape index (κ3) is 14.4. The van der Waals surface area contributed by atoms with Gasteiger partial charge in [-0.2, -0.15) is 0 Å². The van der Waals surface area contributed by atoms with Gasteiger partial charge < -0.3 is 5.11 Å². The van der Waals surface area contributed by atoms with E-state index in [4.69, 9.17) is 5.11 Å². The molecule has 0 amide bonds. The normalized spacial score (nSPS) is 12.5. The molecule has 0 bridgehead atoms. The molecule has 0 aromatic carbocycles. The summed E-state index contributed by atoms with van der Waals surface area (Å²) >= 11 is 0. The number of carboxylic acids is 1. The topological polar surface area (TPSA) is 37.3 Å². The molecule has 0 heterocycles. The van der Waals surface area contributed by atoms with Crippen molar-refractivity contribution in [2.75, 3.05) is 0 Å². The highest BCUT2D eigenvalue weighted by molar-refractivity contribution is 5.66. The molecule has 0 aromatic heterocycles. The van der Waals surface area contributed by atoms with Gasteiger partial charge >= 0.3 is 5.97 Å². The summed E-state index contributed by atoms with van der Waals surface area (Å²) in [5.41, 5.74) is 0. The van der Waals surface area contributed by atoms with Crippen LogP contribution in [0.2, 0.25) is 0 Å². The van der Waals surface area contributed by atoms with E-state index >= 15 is 0 Å². The highest BCUT2D eigenvalue weighted by atomic mass is 16.4. The van der Waals surface area contributed by atoms with Crippen LogP contribution in [0.15, 0.2) is 48.6 Å². The van der Waals surface area contributed by atoms with Crippen LogP contribution in [-0.4, -0.2) is 11.1 Å². The van der Waals surface area contributed by atoms with Crippen molar-refractivity contribution in [2.24, 2.45) is 0 Å². The lowest BCUT2D eigenvalue weighted by Gasteiger charge is -1.89. The standard InChI is InChI=1S/C16H24O2/c1-2-3-4-5-6-7-8-9-10-11-12-13-14-15-16(17)18/h2-3,5-6,8-9,11-12H,4,7,10,13-15H2,1H3,(H,17,18). The van der Waals surface area contributed by atoms with Crippen LogP contribution in [0.25, 0.3) is 0 Å². The van der Waals surface area contributed by atoms with E-state index < -0.39 is 5.97 Å². The molecule has 0 rings (SSSR count). The van der Waals surface area contributed by atoms with Crippen molar-refractivity contribution in [3.05, 3.63) is 48.6 Å². The van der Waals surface area contributed by atoms with E-state index in [0.717, 1.165) is 32.1 Å². The maximum absolute atomic E-state index is 10.3. The van der Waals surface area contributed by atoms with Gasteiger partial charge in [-0.15, -0.1) is 0 Å². The number of allylic oxidation sites excluding steroid dienone is 8. The first-order valence-corrected chi connectivity index (χ1v) is 6.55. The number of aliphatic carboxylic acids is 1. The number of unbranched alkanes of at least 4 members (excludes halogenated alkanes) is 1. The molecule has 0 atom stereocenters. The van der Waals surface area contributed by atoms with Gasteiger partial charge in [-0.1, -0.05) is 48.6 Å². The first kappa shape index (κ1) is 16.4. The summed E-state index contributed by atoms with van der Waals surface area (Å²) in [5.74, 6) is -0.715. The van der Waals surface area contributed by atoms with Crippen molar-refractivity contribution in [1.82, 2.24) is 0 Å². The summed E-state index contributed by atoms with van der Waals surface area (Å²) < 4.78 is 0. The van der Waals surface area contributed by atoms with E-state index in [2.05, 4.69) is 48.6 Å². The van der Waals surface area contributed by atoms with E-state index in [9.17, 15) is 4.79 Å². The first-order valence-electron chi connectivity index (χ1n) is 6.55. The van der Waals surface area contributed by atoms with Crippen molar-refractivity contribution in [3.63, 3.8) is 0 Å². The monoisotopic (exact) mass is 248 g/mol. The summed E-state index contributed by atoms with van der Waals surface area (Å²) in [6.07, 6.45) is 21.7. The zero-order valence-corrected chi connectivity index (χ0v) is 11.2. The predicted octanol–water partition coefficient (Wildman–Crippen LogP) is 4.66. The molecular weight excluding hydrogens is 224 g/mol. The van der Waals surface area contributed by atoms with E-state index in [0.29, 0.717) is 0 Å². The van der Waals surface area contributed by atoms with Gasteiger partial charge in [-0.25, -0.2) is 0 Å². The Bertz CT molecular complexity index is 309. The average Bonchev–Trinajstić information content (AvgIpc) is 2.34. The molecule has 0 spiro atoms. The van der Waals surface area contributed by atoms with Crippen LogP contribution in [0.5, 0.6) is 0 Å². The summed E-state index contributed by atoms with van der Waals surface area (Å²) in [4.78, 5) is 10.3. The maximum Gasteiger partial charge on any atom is 0.303 e. The van der Waals surface area contributed by atoms with Gasteiger partial charge in [-0.3, -0.25) is 4.79 Å². The van der Waals surface area contributed by atoms with Crippen molar-refractivity contribution < 1.29 is 9.90 Å². The van der Waals surface area contributed by atoms with Crippen LogP contribution in [0, 0.1) is 0 Å². The average molecular weight is 248 g/mol. The first-order chi connectivity index (χ1) is 8.77. The molecule has 1 N–H and O–H groups in total. The van der Waals surface area contributed by atoms with Gasteiger partial charge in [0.05, 0.1) is 0 Å². The Morgan fingerprint density at radius 1 is 0.889 bits per heavy atom. The van der Waals surface area contributed by atoms with Crippen LogP contribution in [0.1, 0.15) is 45.4 Å². The molecule has 2 heteroatoms. The molecule has 0 aliphatic rings. The molecule has 0 fully saturated rings. The molecule has 0 radical (unpaired) electrons. The maximum atomic E-state index is 10.3. The van der Waals surface area contributed by atoms with Crippen molar-refractivity contribution in [2.45, 2.75) is 45.4 Å². The highest BCUT2D eigenvalue weighted by Gasteiger charge is 1.92. The smallest absolute Gasteiger partial charge is 0.303 e. The Kier molecular flexibility index (Phi) is 12.3. The minimum absolute atomic E-state index is 0.261. The van der Waals surface area contributed by atoms with Crippen molar-refractivity contribution in [1.29, 1.82) is 0 Å². The molecular formula is C16H24O2. The SMILES string of the molecule is CC=CCC=CCC=CCC=CCCCC(=O)O. The fourth-order valence-electron chi connectivity index (χ4n) is 1.34. The summed E-state index contributed by atoms with van der Waals surface area (Å²) in [5, 5.41) is 8.44. The van der Waals surface area contributed by atoms with Gasteiger partial charge in [0.1, 0.15) is 0 Å². The fraction of sp³-hybridized carbons (Fsp3) is 0.438. The molecule has 0 aliphatic heterocycles. The molecule has 0 aliphatic carbocycles. The second kappa shape index (κ2) is 13.5. The largest absolute Gasteiger partial charge is 0.481 e. The van der Waals surface area contributed by atoms with Gasteiger partial charge in [0.25, 0.3) is 0 Å². The number of carbonyl (C=O) groups is 1. The lowest BCUT2D eigenvalue weighted by atomic mass is 10.2. The van der Waals surface area contributed by atoms with E-state index in [-0.39, 0.29) is 6.42 Å². The Morgan fingerprint density at radius 3 is 1.89 bits per heavy atom. The summed E-state index contributed by atoms with van der Waals surface area (Å²) in [6, 6.07) is 0. The van der Waals surface area contributed by atoms with Gasteiger partial charge in [0.15, 0.2) is 0 Å². The highest BCUT2D eigenvalue weighted by Crippen LogP contribution is 1.98. The Hall–Kier alpha value is -1.57. The molecule has 0 saturated carbocycles. The number of carboxylic acid groups (broad SMARTS) is 1. The minimum Gasteiger partial charge on any atom is -0.481 e. The van der Waals surface area contributed by atoms with Crippen LogP contribution in [0.4, 0.5) is 0 Å². The van der Waals surface area contributed by atoms with E-state index in [1.165, 1.54) is 0 Å². The molecule has 0 aromatic rings. The molecule has 100 valence electrons. The molecule has 0 unspecified atom stereocenters. The Balaban J connectivity index is 3.39. The molecule has 2 nitrogen and oxygen atoms in total. The molecule has 0 saturated heterocycles. The van der Waals surface area contributed by atoms with Crippen LogP contribution < -0.4 is 0 Å². The number of rotatable bonds is 10. The van der Waals surface area contributed by atoms with E-state index in [1.54, 1.807) is 0 Å². The van der Waals surface area contributed by atoms with Gasteiger partial charge in [-0.05, 0) is 39.0 Å². The van der Waals surface area contributed by atoms with Gasteiger partial charge in [0, 0.05) is 6.42 Å². The van der Waals surface area contributed by atoms with Crippen LogP contribution in [-0.2, 0) is 4.79 Å². The van der Waals surface area contributed by atoms with Crippen LogP contribution in [0.3, 0.4) is 0 Å². The summed E-state index contributed by atoms with van der Waals surface area (Å²) in [6.45, 7) is 2.02. The third-order valence-electron chi connectivity index (χ3n) is 2.31. The van der Waals surface area contributed by atoms with E-state index in [1.807, 2.05) is 6.92 Å². The number of hydrogen-bond donors (Lipinski definition) is 1. The van der Waals surface area contributed by atoms with Gasteiger partial charge in [0.2, 0.25) is 0 Å². The number of hydrogen-bond acceptors (Lipinski definition) is 1. The second-order valence-electron chi connectivity index (χ2n) is 3.98. The fourth-order valence-corrected chi connectivity index (χ4v) is 1.34. The third-order valence-corrected chi connectivity index (χ3v) is 2.31. The zero-order chi connectivity index (χ0) is 13.5. The van der Waals surface area contributed by atoms with Crippen molar-refractivity contribution >= 4 is 5.97 Å². The van der Waals surface area contributed by atoms with Crippen LogP contribution >= 0.6 is 0 Å². The minimum atomic E-state index is -0.715.